The second kappa shape index (κ2) is 8.40. The Labute approximate surface area is 151 Å². The zero-order valence-electron chi connectivity index (χ0n) is 13.9. The van der Waals surface area contributed by atoms with Crippen LogP contribution in [-0.4, -0.2) is 22.1 Å². The molecule has 0 saturated heterocycles. The number of hydrogen-bond acceptors (Lipinski definition) is 5. The normalized spacial score (nSPS) is 20.8. The lowest BCUT2D eigenvalue weighted by molar-refractivity contribution is -0.122. The topological polar surface area (TPSA) is 94.0 Å². The zero-order chi connectivity index (χ0) is 17.1. The van der Waals surface area contributed by atoms with Crippen molar-refractivity contribution in [1.29, 1.82) is 0 Å². The lowest BCUT2D eigenvalue weighted by atomic mass is 9.99. The Bertz CT molecular complexity index is 724. The molecule has 3 N–H and O–H groups in total. The van der Waals surface area contributed by atoms with E-state index < -0.39 is 11.9 Å². The highest BCUT2D eigenvalue weighted by Gasteiger charge is 2.29. The van der Waals surface area contributed by atoms with Crippen LogP contribution in [0.15, 0.2) is 28.8 Å². The van der Waals surface area contributed by atoms with Crippen LogP contribution in [0.2, 0.25) is 0 Å². The van der Waals surface area contributed by atoms with Gasteiger partial charge >= 0.3 is 0 Å². The summed E-state index contributed by atoms with van der Waals surface area (Å²) in [5.74, 6) is 0.147. The number of aryl methyl sites for hydroxylation is 1. The first kappa shape index (κ1) is 19.3. The highest BCUT2D eigenvalue weighted by Crippen LogP contribution is 2.28. The lowest BCUT2D eigenvalue weighted by Crippen LogP contribution is -2.34. The maximum atomic E-state index is 14.2. The highest BCUT2D eigenvalue weighted by molar-refractivity contribution is 5.85. The molecule has 0 bridgehead atoms. The summed E-state index contributed by atoms with van der Waals surface area (Å²) in [6.07, 6.45) is 3.25. The number of amides is 1. The molecular weight excluding hydrogens is 347 g/mol. The van der Waals surface area contributed by atoms with Gasteiger partial charge in [0, 0.05) is 24.9 Å². The molecule has 3 atom stereocenters. The van der Waals surface area contributed by atoms with Crippen molar-refractivity contribution in [3.63, 3.8) is 0 Å². The number of benzene rings is 1. The van der Waals surface area contributed by atoms with Gasteiger partial charge in [-0.25, -0.2) is 4.39 Å². The van der Waals surface area contributed by atoms with E-state index in [-0.39, 0.29) is 36.1 Å². The number of nitrogens with zero attached hydrogens (tertiary/aromatic N) is 2. The summed E-state index contributed by atoms with van der Waals surface area (Å²) in [4.78, 5) is 16.6. The fourth-order valence-corrected chi connectivity index (χ4v) is 3.20. The van der Waals surface area contributed by atoms with Crippen molar-refractivity contribution in [2.24, 2.45) is 11.7 Å². The third-order valence-corrected chi connectivity index (χ3v) is 4.49. The number of hydrogen-bond donors (Lipinski definition) is 2. The molecule has 6 nitrogen and oxygen atoms in total. The Kier molecular flexibility index (Phi) is 6.50. The first-order chi connectivity index (χ1) is 11.5. The Morgan fingerprint density at radius 1 is 1.44 bits per heavy atom. The molecule has 25 heavy (non-hydrogen) atoms. The van der Waals surface area contributed by atoms with Crippen LogP contribution in [0, 0.1) is 18.7 Å². The van der Waals surface area contributed by atoms with Crippen molar-refractivity contribution < 1.29 is 13.7 Å². The second-order valence-electron chi connectivity index (χ2n) is 6.25. The average molecular weight is 369 g/mol. The van der Waals surface area contributed by atoms with E-state index in [0.717, 1.165) is 19.3 Å². The van der Waals surface area contributed by atoms with Gasteiger partial charge in [-0.3, -0.25) is 4.79 Å². The molecule has 0 aliphatic heterocycles. The predicted octanol–water partition coefficient (Wildman–Crippen LogP) is 2.66. The molecule has 1 fully saturated rings. The summed E-state index contributed by atoms with van der Waals surface area (Å²) in [6, 6.07) is 5.51. The van der Waals surface area contributed by atoms with Gasteiger partial charge in [0.15, 0.2) is 5.82 Å². The first-order valence-corrected chi connectivity index (χ1v) is 8.14. The van der Waals surface area contributed by atoms with Crippen LogP contribution in [0.3, 0.4) is 0 Å². The third kappa shape index (κ3) is 4.55. The van der Waals surface area contributed by atoms with E-state index in [1.54, 1.807) is 25.1 Å². The number of halogens is 2. The van der Waals surface area contributed by atoms with Gasteiger partial charge in [-0.2, -0.15) is 4.98 Å². The average Bonchev–Trinajstić information content (AvgIpc) is 3.15. The van der Waals surface area contributed by atoms with Crippen LogP contribution in [0.25, 0.3) is 0 Å². The standard InChI is InChI=1S/C17H21FN4O2.ClH/c1-10-20-17(22-24-10)16(12-6-2-3-7-13(12)18)21-15(23)9-11-5-4-8-14(11)19;/h2-3,6-7,11,14,16H,4-5,8-9,19H2,1H3,(H,21,23);1H/t11-,14+,16?;/m0./s1. The van der Waals surface area contributed by atoms with Crippen molar-refractivity contribution in [3.05, 3.63) is 47.4 Å². The molecule has 1 unspecified atom stereocenters. The lowest BCUT2D eigenvalue weighted by Gasteiger charge is -2.19. The van der Waals surface area contributed by atoms with Crippen LogP contribution >= 0.6 is 12.4 Å². The Balaban J connectivity index is 0.00000225. The molecule has 8 heteroatoms. The van der Waals surface area contributed by atoms with Gasteiger partial charge in [0.25, 0.3) is 0 Å². The van der Waals surface area contributed by atoms with Gasteiger partial charge in [0.1, 0.15) is 11.9 Å². The monoisotopic (exact) mass is 368 g/mol. The molecular formula is C17H22ClFN4O2. The smallest absolute Gasteiger partial charge is 0.223 e. The van der Waals surface area contributed by atoms with Crippen molar-refractivity contribution >= 4 is 18.3 Å². The molecule has 1 saturated carbocycles. The van der Waals surface area contributed by atoms with E-state index in [4.69, 9.17) is 10.3 Å². The van der Waals surface area contributed by atoms with E-state index in [1.165, 1.54) is 6.07 Å². The summed E-state index contributed by atoms with van der Waals surface area (Å²) in [7, 11) is 0. The van der Waals surface area contributed by atoms with E-state index in [0.29, 0.717) is 17.9 Å². The maximum absolute atomic E-state index is 14.2. The molecule has 1 amide bonds. The van der Waals surface area contributed by atoms with E-state index in [2.05, 4.69) is 15.5 Å². The quantitative estimate of drug-likeness (QED) is 0.846. The summed E-state index contributed by atoms with van der Waals surface area (Å²) < 4.78 is 19.2. The number of aromatic nitrogens is 2. The number of carbonyl (C=O) groups is 1. The largest absolute Gasteiger partial charge is 0.342 e. The molecule has 1 aromatic carbocycles. The fourth-order valence-electron chi connectivity index (χ4n) is 3.20. The molecule has 0 radical (unpaired) electrons. The molecule has 1 aliphatic rings. The van der Waals surface area contributed by atoms with Gasteiger partial charge in [0.2, 0.25) is 11.8 Å². The minimum Gasteiger partial charge on any atom is -0.342 e. The molecule has 3 rings (SSSR count). The molecule has 2 aromatic rings. The highest BCUT2D eigenvalue weighted by atomic mass is 35.5. The van der Waals surface area contributed by atoms with E-state index >= 15 is 0 Å². The molecule has 1 heterocycles. The second-order valence-corrected chi connectivity index (χ2v) is 6.25. The minimum absolute atomic E-state index is 0. The van der Waals surface area contributed by atoms with Crippen LogP contribution in [-0.2, 0) is 4.79 Å². The zero-order valence-corrected chi connectivity index (χ0v) is 14.8. The summed E-state index contributed by atoms with van der Waals surface area (Å²) in [6.45, 7) is 1.65. The van der Waals surface area contributed by atoms with Gasteiger partial charge in [-0.05, 0) is 24.8 Å². The third-order valence-electron chi connectivity index (χ3n) is 4.49. The summed E-state index contributed by atoms with van der Waals surface area (Å²) in [5.41, 5.74) is 6.34. The van der Waals surface area contributed by atoms with Crippen molar-refractivity contribution in [1.82, 2.24) is 15.5 Å². The van der Waals surface area contributed by atoms with Crippen LogP contribution in [0.1, 0.15) is 49.0 Å². The Morgan fingerprint density at radius 2 is 2.20 bits per heavy atom. The molecule has 1 aliphatic carbocycles. The van der Waals surface area contributed by atoms with Gasteiger partial charge in [-0.15, -0.1) is 12.4 Å². The van der Waals surface area contributed by atoms with Gasteiger partial charge in [0.05, 0.1) is 0 Å². The maximum Gasteiger partial charge on any atom is 0.223 e. The number of rotatable bonds is 5. The first-order valence-electron chi connectivity index (χ1n) is 8.14. The van der Waals surface area contributed by atoms with Crippen molar-refractivity contribution in [2.75, 3.05) is 0 Å². The SMILES string of the molecule is Cc1nc(C(NC(=O)C[C@@H]2CCC[C@H]2N)c2ccccc2F)no1.Cl. The summed E-state index contributed by atoms with van der Waals surface area (Å²) >= 11 is 0. The van der Waals surface area contributed by atoms with Gasteiger partial charge < -0.3 is 15.6 Å². The Hall–Kier alpha value is -1.99. The van der Waals surface area contributed by atoms with E-state index in [1.807, 2.05) is 0 Å². The molecule has 1 aromatic heterocycles. The fraction of sp³-hybridized carbons (Fsp3) is 0.471. The van der Waals surface area contributed by atoms with Crippen molar-refractivity contribution in [3.8, 4) is 0 Å². The van der Waals surface area contributed by atoms with E-state index in [9.17, 15) is 9.18 Å². The number of carbonyl (C=O) groups excluding carboxylic acids is 1. The van der Waals surface area contributed by atoms with Crippen LogP contribution < -0.4 is 11.1 Å². The van der Waals surface area contributed by atoms with Crippen LogP contribution in [0.4, 0.5) is 4.39 Å². The number of nitrogens with two attached hydrogens (primary N) is 1. The number of nitrogens with one attached hydrogen (secondary N) is 1. The molecule has 0 spiro atoms. The Morgan fingerprint density at radius 3 is 2.80 bits per heavy atom. The van der Waals surface area contributed by atoms with Crippen molar-refractivity contribution in [2.45, 2.75) is 44.7 Å². The summed E-state index contributed by atoms with van der Waals surface area (Å²) in [5, 5.41) is 6.67. The predicted molar refractivity (Wildman–Crippen MR) is 92.6 cm³/mol. The van der Waals surface area contributed by atoms with Crippen LogP contribution in [0.5, 0.6) is 0 Å². The van der Waals surface area contributed by atoms with Gasteiger partial charge in [-0.1, -0.05) is 29.8 Å². The molecule has 136 valence electrons. The minimum atomic E-state index is -0.784.